The van der Waals surface area contributed by atoms with Crippen molar-refractivity contribution in [2.24, 2.45) is 0 Å². The Hall–Kier alpha value is -1.89. The lowest BCUT2D eigenvalue weighted by molar-refractivity contribution is 0.0771. The summed E-state index contributed by atoms with van der Waals surface area (Å²) in [5, 5.41) is 2.57. The molecule has 1 fully saturated rings. The van der Waals surface area contributed by atoms with E-state index in [0.29, 0.717) is 16.8 Å². The van der Waals surface area contributed by atoms with Gasteiger partial charge in [0.2, 0.25) is 0 Å². The average molecular weight is 403 g/mol. The molecule has 3 aromatic rings. The zero-order chi connectivity index (χ0) is 19.0. The Labute approximate surface area is 168 Å². The second-order valence-electron chi connectivity index (χ2n) is 6.79. The highest BCUT2D eigenvalue weighted by atomic mass is 35.5. The van der Waals surface area contributed by atoms with Crippen molar-refractivity contribution in [1.82, 2.24) is 19.2 Å². The summed E-state index contributed by atoms with van der Waals surface area (Å²) in [5.41, 5.74) is 2.36. The van der Waals surface area contributed by atoms with E-state index < -0.39 is 0 Å². The first kappa shape index (κ1) is 18.5. The molecule has 7 heteroatoms. The molecule has 5 nitrogen and oxygen atoms in total. The SMILES string of the molecule is CCN(CC)[C@H]1CCN(C(=O)c2csc3nc(-c4ccccc4Cl)cn23)C1. The van der Waals surface area contributed by atoms with Gasteiger partial charge in [0.05, 0.1) is 10.7 Å². The molecule has 3 heterocycles. The lowest BCUT2D eigenvalue weighted by atomic mass is 10.2. The van der Waals surface area contributed by atoms with E-state index in [0.717, 1.165) is 48.8 Å². The molecule has 1 amide bonds. The van der Waals surface area contributed by atoms with Crippen LogP contribution in [0.15, 0.2) is 35.8 Å². The van der Waals surface area contributed by atoms with Gasteiger partial charge >= 0.3 is 0 Å². The lowest BCUT2D eigenvalue weighted by Crippen LogP contribution is -2.38. The van der Waals surface area contributed by atoms with E-state index in [1.165, 1.54) is 11.3 Å². The zero-order valence-electron chi connectivity index (χ0n) is 15.6. The Kier molecular flexibility index (Phi) is 5.21. The van der Waals surface area contributed by atoms with Crippen molar-refractivity contribution in [2.75, 3.05) is 26.2 Å². The molecule has 0 bridgehead atoms. The van der Waals surface area contributed by atoms with Crippen LogP contribution in [0.1, 0.15) is 30.8 Å². The Balaban J connectivity index is 1.59. The molecule has 1 aliphatic heterocycles. The van der Waals surface area contributed by atoms with Gasteiger partial charge in [-0.25, -0.2) is 4.98 Å². The average Bonchev–Trinajstić information content (AvgIpc) is 3.38. The van der Waals surface area contributed by atoms with E-state index in [4.69, 9.17) is 11.6 Å². The Bertz CT molecular complexity index is 962. The smallest absolute Gasteiger partial charge is 0.271 e. The number of carbonyl (C=O) groups is 1. The number of thiazole rings is 1. The van der Waals surface area contributed by atoms with Crippen LogP contribution >= 0.6 is 22.9 Å². The standard InChI is InChI=1S/C20H23ClN4OS/c1-3-23(4-2)14-9-10-24(11-14)19(26)18-13-27-20-22-17(12-25(18)20)15-7-5-6-8-16(15)21/h5-8,12-14H,3-4,9-11H2,1-2H3/t14-/m0/s1. The van der Waals surface area contributed by atoms with E-state index in [9.17, 15) is 4.79 Å². The summed E-state index contributed by atoms with van der Waals surface area (Å²) in [7, 11) is 0. The van der Waals surface area contributed by atoms with Gasteiger partial charge in [-0.1, -0.05) is 43.6 Å². The minimum atomic E-state index is 0.0824. The maximum Gasteiger partial charge on any atom is 0.271 e. The van der Waals surface area contributed by atoms with Crippen LogP contribution in [0, 0.1) is 0 Å². The molecule has 0 aliphatic carbocycles. The lowest BCUT2D eigenvalue weighted by Gasteiger charge is -2.26. The predicted molar refractivity (Wildman–Crippen MR) is 111 cm³/mol. The number of likely N-dealkylation sites (N-methyl/N-ethyl adjacent to an activating group) is 1. The van der Waals surface area contributed by atoms with Gasteiger partial charge in [-0.15, -0.1) is 11.3 Å². The number of hydrogen-bond donors (Lipinski definition) is 0. The third-order valence-corrected chi connectivity index (χ3v) is 6.53. The molecule has 1 aromatic carbocycles. The summed E-state index contributed by atoms with van der Waals surface area (Å²) in [6, 6.07) is 8.11. The largest absolute Gasteiger partial charge is 0.336 e. The molecule has 142 valence electrons. The first-order valence-electron chi connectivity index (χ1n) is 9.37. The molecule has 2 aromatic heterocycles. The van der Waals surface area contributed by atoms with Gasteiger partial charge in [-0.05, 0) is 25.6 Å². The van der Waals surface area contributed by atoms with Crippen LogP contribution in [-0.2, 0) is 0 Å². The van der Waals surface area contributed by atoms with Gasteiger partial charge in [0, 0.05) is 36.3 Å². The number of imidazole rings is 1. The highest BCUT2D eigenvalue weighted by molar-refractivity contribution is 7.15. The third-order valence-electron chi connectivity index (χ3n) is 5.36. The molecule has 1 saturated heterocycles. The molecule has 4 rings (SSSR count). The van der Waals surface area contributed by atoms with Crippen molar-refractivity contribution in [2.45, 2.75) is 26.3 Å². The second kappa shape index (κ2) is 7.62. The van der Waals surface area contributed by atoms with Crippen molar-refractivity contribution in [3.8, 4) is 11.3 Å². The maximum atomic E-state index is 13.1. The zero-order valence-corrected chi connectivity index (χ0v) is 17.1. The van der Waals surface area contributed by atoms with Crippen LogP contribution < -0.4 is 0 Å². The summed E-state index contributed by atoms with van der Waals surface area (Å²) in [4.78, 5) is 23.0. The quantitative estimate of drug-likeness (QED) is 0.639. The monoisotopic (exact) mass is 402 g/mol. The minimum Gasteiger partial charge on any atom is -0.336 e. The molecule has 0 radical (unpaired) electrons. The van der Waals surface area contributed by atoms with Crippen LogP contribution in [0.3, 0.4) is 0 Å². The number of nitrogens with zero attached hydrogens (tertiary/aromatic N) is 4. The number of rotatable bonds is 5. The topological polar surface area (TPSA) is 40.8 Å². The van der Waals surface area contributed by atoms with E-state index in [1.807, 2.05) is 45.1 Å². The summed E-state index contributed by atoms with van der Waals surface area (Å²) in [6.07, 6.45) is 2.95. The van der Waals surface area contributed by atoms with Crippen LogP contribution in [0.2, 0.25) is 5.02 Å². The van der Waals surface area contributed by atoms with E-state index in [-0.39, 0.29) is 5.91 Å². The van der Waals surface area contributed by atoms with Crippen molar-refractivity contribution >= 4 is 33.8 Å². The fourth-order valence-corrected chi connectivity index (χ4v) is 4.94. The van der Waals surface area contributed by atoms with Gasteiger partial charge in [0.1, 0.15) is 5.69 Å². The number of likely N-dealkylation sites (tertiary alicyclic amines) is 1. The second-order valence-corrected chi connectivity index (χ2v) is 8.04. The predicted octanol–water partition coefficient (Wildman–Crippen LogP) is 4.27. The summed E-state index contributed by atoms with van der Waals surface area (Å²) in [5.74, 6) is 0.0824. The van der Waals surface area contributed by atoms with E-state index in [2.05, 4.69) is 23.7 Å². The number of fused-ring (bicyclic) bond motifs is 1. The minimum absolute atomic E-state index is 0.0824. The summed E-state index contributed by atoms with van der Waals surface area (Å²) >= 11 is 7.80. The van der Waals surface area contributed by atoms with E-state index in [1.54, 1.807) is 0 Å². The highest BCUT2D eigenvalue weighted by Gasteiger charge is 2.31. The van der Waals surface area contributed by atoms with Crippen molar-refractivity contribution < 1.29 is 4.79 Å². The number of hydrogen-bond acceptors (Lipinski definition) is 4. The fourth-order valence-electron chi connectivity index (χ4n) is 3.86. The Morgan fingerprint density at radius 3 is 2.85 bits per heavy atom. The molecule has 0 unspecified atom stereocenters. The Morgan fingerprint density at radius 2 is 2.11 bits per heavy atom. The molecule has 27 heavy (non-hydrogen) atoms. The van der Waals surface area contributed by atoms with Crippen molar-refractivity contribution in [3.05, 3.63) is 46.6 Å². The van der Waals surface area contributed by atoms with Gasteiger partial charge in [0.25, 0.3) is 5.91 Å². The fraction of sp³-hybridized carbons (Fsp3) is 0.400. The number of benzene rings is 1. The van der Waals surface area contributed by atoms with Crippen LogP contribution in [0.4, 0.5) is 0 Å². The van der Waals surface area contributed by atoms with Gasteiger partial charge in [-0.2, -0.15) is 0 Å². The Morgan fingerprint density at radius 1 is 1.33 bits per heavy atom. The molecule has 0 spiro atoms. The molecule has 0 saturated carbocycles. The molecular weight excluding hydrogens is 380 g/mol. The third kappa shape index (κ3) is 3.37. The van der Waals surface area contributed by atoms with Gasteiger partial charge in [-0.3, -0.25) is 14.1 Å². The normalized spacial score (nSPS) is 17.3. The van der Waals surface area contributed by atoms with Gasteiger partial charge in [0.15, 0.2) is 4.96 Å². The number of amides is 1. The number of aromatic nitrogens is 2. The van der Waals surface area contributed by atoms with Crippen LogP contribution in [-0.4, -0.2) is 57.3 Å². The number of halogens is 1. The molecular formula is C20H23ClN4OS. The van der Waals surface area contributed by atoms with Crippen molar-refractivity contribution in [1.29, 1.82) is 0 Å². The van der Waals surface area contributed by atoms with E-state index >= 15 is 0 Å². The first-order valence-corrected chi connectivity index (χ1v) is 10.6. The molecule has 1 aliphatic rings. The summed E-state index contributed by atoms with van der Waals surface area (Å²) in [6.45, 7) is 8.01. The van der Waals surface area contributed by atoms with Crippen LogP contribution in [0.5, 0.6) is 0 Å². The maximum absolute atomic E-state index is 13.1. The molecule has 1 atom stereocenters. The highest BCUT2D eigenvalue weighted by Crippen LogP contribution is 2.29. The summed E-state index contributed by atoms with van der Waals surface area (Å²) < 4.78 is 1.90. The van der Waals surface area contributed by atoms with Crippen molar-refractivity contribution in [3.63, 3.8) is 0 Å². The first-order chi connectivity index (χ1) is 13.1. The molecule has 0 N–H and O–H groups in total. The van der Waals surface area contributed by atoms with Gasteiger partial charge < -0.3 is 4.90 Å². The number of carbonyl (C=O) groups excluding carboxylic acids is 1. The van der Waals surface area contributed by atoms with Crippen LogP contribution in [0.25, 0.3) is 16.2 Å².